The van der Waals surface area contributed by atoms with Crippen LogP contribution in [-0.4, -0.2) is 47.9 Å². The molecule has 0 radical (unpaired) electrons. The summed E-state index contributed by atoms with van der Waals surface area (Å²) in [6, 6.07) is 2.41. The molecule has 8 nitrogen and oxygen atoms in total. The summed E-state index contributed by atoms with van der Waals surface area (Å²) < 4.78 is 5.34. The molecule has 0 saturated carbocycles. The Bertz CT molecular complexity index is 719. The first kappa shape index (κ1) is 16.6. The highest BCUT2D eigenvalue weighted by Crippen LogP contribution is 2.28. The van der Waals surface area contributed by atoms with Crippen molar-refractivity contribution in [3.05, 3.63) is 16.9 Å². The van der Waals surface area contributed by atoms with E-state index in [1.54, 1.807) is 0 Å². The van der Waals surface area contributed by atoms with Gasteiger partial charge in [-0.05, 0) is 12.8 Å². The van der Waals surface area contributed by atoms with Crippen molar-refractivity contribution in [2.75, 3.05) is 32.0 Å². The van der Waals surface area contributed by atoms with Crippen molar-refractivity contribution in [1.82, 2.24) is 15.3 Å². The van der Waals surface area contributed by atoms with Crippen LogP contribution in [0.25, 0.3) is 0 Å². The molecule has 24 heavy (non-hydrogen) atoms. The topological polar surface area (TPSA) is 122 Å². The zero-order valence-corrected chi connectivity index (χ0v) is 13.9. The molecule has 126 valence electrons. The van der Waals surface area contributed by atoms with E-state index in [0.717, 1.165) is 0 Å². The van der Waals surface area contributed by atoms with Crippen molar-refractivity contribution in [2.24, 2.45) is 15.4 Å². The zero-order valence-electron chi connectivity index (χ0n) is 13.1. The predicted octanol–water partition coefficient (Wildman–Crippen LogP) is 1.17. The number of ether oxygens (including phenoxy) is 1. The minimum Gasteiger partial charge on any atom is -0.381 e. The maximum Gasteiger partial charge on any atom is 0.220 e. The number of guanidine groups is 1. The molecule has 1 fully saturated rings. The normalized spacial score (nSPS) is 19.8. The third-order valence-corrected chi connectivity index (χ3v) is 4.44. The van der Waals surface area contributed by atoms with Gasteiger partial charge in [0, 0.05) is 32.7 Å². The first-order valence-corrected chi connectivity index (χ1v) is 8.13. The number of rotatable bonds is 3. The molecule has 9 heteroatoms. The standard InChI is InChI=1S/C15H18ClN7O/c16-10-7-20-13(18)23-12(10)11-1-4-19-14(22-11)21-9-15(8-17)2-5-24-6-3-15/h7H,1-6,9H2,(H,19,21)(H2,18,20,23). The Morgan fingerprint density at radius 3 is 2.96 bits per heavy atom. The number of nitrogen functional groups attached to an aromatic ring is 1. The molecule has 0 bridgehead atoms. The summed E-state index contributed by atoms with van der Waals surface area (Å²) in [6.07, 6.45) is 3.50. The molecule has 3 rings (SSSR count). The second-order valence-corrected chi connectivity index (χ2v) is 6.20. The number of nitrogens with two attached hydrogens (primary N) is 1. The molecular formula is C15H18ClN7O. The lowest BCUT2D eigenvalue weighted by atomic mass is 9.82. The molecule has 1 saturated heterocycles. The number of anilines is 1. The number of nitriles is 1. The van der Waals surface area contributed by atoms with Gasteiger partial charge in [0.25, 0.3) is 0 Å². The first-order valence-electron chi connectivity index (χ1n) is 7.75. The van der Waals surface area contributed by atoms with Crippen molar-refractivity contribution in [3.63, 3.8) is 0 Å². The number of hydrogen-bond donors (Lipinski definition) is 2. The highest BCUT2D eigenvalue weighted by molar-refractivity contribution is 6.34. The lowest BCUT2D eigenvalue weighted by Crippen LogP contribution is -2.41. The molecule has 0 unspecified atom stereocenters. The lowest BCUT2D eigenvalue weighted by molar-refractivity contribution is 0.0422. The van der Waals surface area contributed by atoms with E-state index in [-0.39, 0.29) is 5.95 Å². The van der Waals surface area contributed by atoms with Gasteiger partial charge in [0.1, 0.15) is 5.69 Å². The number of aliphatic imine (C=N–C) groups is 2. The summed E-state index contributed by atoms with van der Waals surface area (Å²) in [4.78, 5) is 16.9. The van der Waals surface area contributed by atoms with Crippen LogP contribution in [0.4, 0.5) is 5.95 Å². The largest absolute Gasteiger partial charge is 0.381 e. The highest BCUT2D eigenvalue weighted by atomic mass is 35.5. The molecule has 0 amide bonds. The van der Waals surface area contributed by atoms with Gasteiger partial charge < -0.3 is 15.8 Å². The van der Waals surface area contributed by atoms with Crippen LogP contribution in [0.1, 0.15) is 25.0 Å². The number of hydrogen-bond acceptors (Lipinski definition) is 8. The van der Waals surface area contributed by atoms with Crippen molar-refractivity contribution in [1.29, 1.82) is 5.26 Å². The molecule has 0 atom stereocenters. The third-order valence-electron chi connectivity index (χ3n) is 4.16. The molecule has 2 aliphatic heterocycles. The van der Waals surface area contributed by atoms with Gasteiger partial charge in [-0.25, -0.2) is 15.0 Å². The molecule has 3 N–H and O–H groups in total. The van der Waals surface area contributed by atoms with Crippen LogP contribution in [0.15, 0.2) is 16.2 Å². The van der Waals surface area contributed by atoms with Crippen LogP contribution < -0.4 is 11.1 Å². The van der Waals surface area contributed by atoms with Gasteiger partial charge in [-0.3, -0.25) is 4.99 Å². The van der Waals surface area contributed by atoms with Crippen molar-refractivity contribution in [2.45, 2.75) is 19.3 Å². The molecule has 1 aromatic heterocycles. The van der Waals surface area contributed by atoms with Crippen molar-refractivity contribution in [3.8, 4) is 6.07 Å². The van der Waals surface area contributed by atoms with Gasteiger partial charge in [-0.1, -0.05) is 11.6 Å². The Morgan fingerprint density at radius 2 is 2.21 bits per heavy atom. The smallest absolute Gasteiger partial charge is 0.220 e. The van der Waals surface area contributed by atoms with E-state index in [1.807, 2.05) is 0 Å². The second kappa shape index (κ2) is 7.11. The Kier molecular flexibility index (Phi) is 4.92. The molecule has 1 aromatic rings. The summed E-state index contributed by atoms with van der Waals surface area (Å²) in [7, 11) is 0. The quantitative estimate of drug-likeness (QED) is 0.846. The number of nitrogens with zero attached hydrogens (tertiary/aromatic N) is 5. The SMILES string of the molecule is N#CC1(CNC2=NCCC(c3nc(N)ncc3Cl)=N2)CCOCC1. The number of aromatic nitrogens is 2. The number of nitrogens with one attached hydrogen (secondary N) is 1. The average Bonchev–Trinajstić information content (AvgIpc) is 2.63. The van der Waals surface area contributed by atoms with Crippen LogP contribution in [-0.2, 0) is 4.74 Å². The Balaban J connectivity index is 1.73. The second-order valence-electron chi connectivity index (χ2n) is 5.80. The Hall–Kier alpha value is -2.24. The highest BCUT2D eigenvalue weighted by Gasteiger charge is 2.33. The van der Waals surface area contributed by atoms with E-state index in [0.29, 0.717) is 68.0 Å². The van der Waals surface area contributed by atoms with E-state index in [1.165, 1.54) is 6.20 Å². The van der Waals surface area contributed by atoms with Crippen LogP contribution in [0.3, 0.4) is 0 Å². The summed E-state index contributed by atoms with van der Waals surface area (Å²) in [6.45, 7) is 2.27. The minimum atomic E-state index is -0.440. The lowest BCUT2D eigenvalue weighted by Gasteiger charge is -2.31. The maximum atomic E-state index is 9.50. The third kappa shape index (κ3) is 3.63. The zero-order chi connectivity index (χ0) is 17.0. The van der Waals surface area contributed by atoms with E-state index in [9.17, 15) is 5.26 Å². The van der Waals surface area contributed by atoms with Crippen LogP contribution in [0, 0.1) is 16.7 Å². The van der Waals surface area contributed by atoms with Gasteiger partial charge >= 0.3 is 0 Å². The van der Waals surface area contributed by atoms with Gasteiger partial charge in [0.2, 0.25) is 11.9 Å². The van der Waals surface area contributed by atoms with Crippen LogP contribution in [0.5, 0.6) is 0 Å². The average molecular weight is 348 g/mol. The van der Waals surface area contributed by atoms with E-state index in [2.05, 4.69) is 31.3 Å². The Labute approximate surface area is 144 Å². The van der Waals surface area contributed by atoms with Gasteiger partial charge in [-0.2, -0.15) is 5.26 Å². The van der Waals surface area contributed by atoms with Crippen LogP contribution >= 0.6 is 11.6 Å². The van der Waals surface area contributed by atoms with Crippen molar-refractivity contribution < 1.29 is 4.74 Å². The summed E-state index contributed by atoms with van der Waals surface area (Å²) >= 11 is 6.14. The van der Waals surface area contributed by atoms with E-state index >= 15 is 0 Å². The first-order chi connectivity index (χ1) is 11.6. The molecule has 3 heterocycles. The molecule has 2 aliphatic rings. The van der Waals surface area contributed by atoms with Gasteiger partial charge in [0.15, 0.2) is 0 Å². The Morgan fingerprint density at radius 1 is 1.42 bits per heavy atom. The van der Waals surface area contributed by atoms with Crippen LogP contribution in [0.2, 0.25) is 5.02 Å². The molecular weight excluding hydrogens is 330 g/mol. The summed E-state index contributed by atoms with van der Waals surface area (Å²) in [5.74, 6) is 0.644. The fourth-order valence-electron chi connectivity index (χ4n) is 2.68. The predicted molar refractivity (Wildman–Crippen MR) is 91.0 cm³/mol. The maximum absolute atomic E-state index is 9.50. The number of halogens is 1. The molecule has 0 spiro atoms. The van der Waals surface area contributed by atoms with E-state index < -0.39 is 5.41 Å². The van der Waals surface area contributed by atoms with E-state index in [4.69, 9.17) is 22.1 Å². The van der Waals surface area contributed by atoms with Gasteiger partial charge in [-0.15, -0.1) is 0 Å². The van der Waals surface area contributed by atoms with Crippen molar-refractivity contribution >= 4 is 29.2 Å². The van der Waals surface area contributed by atoms with Gasteiger partial charge in [0.05, 0.1) is 28.4 Å². The monoisotopic (exact) mass is 347 g/mol. The molecule has 0 aliphatic carbocycles. The summed E-state index contributed by atoms with van der Waals surface area (Å²) in [5.41, 5.74) is 6.43. The summed E-state index contributed by atoms with van der Waals surface area (Å²) in [5, 5.41) is 13.1. The molecule has 0 aromatic carbocycles. The fourth-order valence-corrected chi connectivity index (χ4v) is 2.88. The fraction of sp³-hybridized carbons (Fsp3) is 0.533. The minimum absolute atomic E-state index is 0.153.